The Morgan fingerprint density at radius 2 is 1.90 bits per heavy atom. The van der Waals surface area contributed by atoms with E-state index in [2.05, 4.69) is 4.98 Å². The third-order valence-corrected chi connectivity index (χ3v) is 4.73. The number of nitrogens with zero attached hydrogens (tertiary/aromatic N) is 3. The Balaban J connectivity index is 1.62. The molecule has 29 heavy (non-hydrogen) atoms. The van der Waals surface area contributed by atoms with Gasteiger partial charge in [0, 0.05) is 18.4 Å². The van der Waals surface area contributed by atoms with Gasteiger partial charge in [-0.25, -0.2) is 9.78 Å². The van der Waals surface area contributed by atoms with Gasteiger partial charge in [0.25, 0.3) is 0 Å². The number of aromatic nitrogens is 1. The van der Waals surface area contributed by atoms with Crippen LogP contribution in [0.15, 0.2) is 66.1 Å². The van der Waals surface area contributed by atoms with Crippen LogP contribution in [0.4, 0.5) is 10.8 Å². The van der Waals surface area contributed by atoms with E-state index < -0.39 is 5.97 Å². The van der Waals surface area contributed by atoms with E-state index in [0.29, 0.717) is 16.4 Å². The number of thiazole rings is 1. The Morgan fingerprint density at radius 3 is 2.55 bits per heavy atom. The molecule has 0 fully saturated rings. The third-order valence-electron chi connectivity index (χ3n) is 3.88. The van der Waals surface area contributed by atoms with Gasteiger partial charge in [-0.1, -0.05) is 30.3 Å². The van der Waals surface area contributed by atoms with Crippen molar-refractivity contribution in [1.82, 2.24) is 4.98 Å². The van der Waals surface area contributed by atoms with E-state index in [1.807, 2.05) is 36.4 Å². The lowest BCUT2D eigenvalue weighted by atomic mass is 10.2. The maximum Gasteiger partial charge on any atom is 0.331 e. The molecule has 0 aliphatic heterocycles. The van der Waals surface area contributed by atoms with E-state index in [4.69, 9.17) is 10.00 Å². The van der Waals surface area contributed by atoms with Crippen molar-refractivity contribution >= 4 is 40.1 Å². The molecule has 0 radical (unpaired) electrons. The highest BCUT2D eigenvalue weighted by atomic mass is 32.1. The largest absolute Gasteiger partial charge is 0.458 e. The fourth-order valence-electron chi connectivity index (χ4n) is 2.49. The third kappa shape index (κ3) is 5.37. The Bertz CT molecular complexity index is 1070. The number of nitriles is 1. The second-order valence-electron chi connectivity index (χ2n) is 5.99. The summed E-state index contributed by atoms with van der Waals surface area (Å²) in [5.41, 5.74) is 2.63. The number of hydrogen-bond acceptors (Lipinski definition) is 6. The Hall–Kier alpha value is -3.76. The van der Waals surface area contributed by atoms with Gasteiger partial charge in [-0.15, -0.1) is 11.3 Å². The quantitative estimate of drug-likeness (QED) is 0.448. The molecule has 0 saturated heterocycles. The number of rotatable bonds is 6. The molecule has 0 aliphatic carbocycles. The van der Waals surface area contributed by atoms with Gasteiger partial charge in [0.15, 0.2) is 5.13 Å². The number of carbonyl (C=O) groups is 2. The van der Waals surface area contributed by atoms with Gasteiger partial charge in [0.1, 0.15) is 6.61 Å². The summed E-state index contributed by atoms with van der Waals surface area (Å²) in [5.74, 6) is -0.654. The SMILES string of the molecule is CC(=O)N(c1ccccc1)c1nc(/C=C/C(=O)OCc2ccc(C#N)cc2)cs1. The summed E-state index contributed by atoms with van der Waals surface area (Å²) in [5, 5.41) is 11.1. The van der Waals surface area contributed by atoms with Crippen LogP contribution in [-0.2, 0) is 20.9 Å². The van der Waals surface area contributed by atoms with Gasteiger partial charge < -0.3 is 4.74 Å². The molecule has 144 valence electrons. The fraction of sp³-hybridized carbons (Fsp3) is 0.0909. The van der Waals surface area contributed by atoms with Crippen molar-refractivity contribution in [2.24, 2.45) is 0 Å². The first kappa shape index (κ1) is 20.0. The normalized spacial score (nSPS) is 10.5. The van der Waals surface area contributed by atoms with Crippen molar-refractivity contribution in [3.63, 3.8) is 0 Å². The lowest BCUT2D eigenvalue weighted by molar-refractivity contribution is -0.138. The molecule has 3 aromatic rings. The minimum atomic E-state index is -0.504. The lowest BCUT2D eigenvalue weighted by Gasteiger charge is -2.17. The fourth-order valence-corrected chi connectivity index (χ4v) is 3.35. The molecular weight excluding hydrogens is 386 g/mol. The van der Waals surface area contributed by atoms with Crippen molar-refractivity contribution < 1.29 is 14.3 Å². The van der Waals surface area contributed by atoms with E-state index in [9.17, 15) is 9.59 Å². The van der Waals surface area contributed by atoms with Gasteiger partial charge in [-0.05, 0) is 35.9 Å². The first-order valence-corrected chi connectivity index (χ1v) is 9.60. The number of carbonyl (C=O) groups excluding carboxylic acids is 2. The van der Waals surface area contributed by atoms with E-state index >= 15 is 0 Å². The summed E-state index contributed by atoms with van der Waals surface area (Å²) in [7, 11) is 0. The zero-order valence-electron chi connectivity index (χ0n) is 15.6. The molecule has 1 heterocycles. The van der Waals surface area contributed by atoms with Crippen LogP contribution in [0.25, 0.3) is 6.08 Å². The summed E-state index contributed by atoms with van der Waals surface area (Å²) in [4.78, 5) is 29.9. The highest BCUT2D eigenvalue weighted by Crippen LogP contribution is 2.29. The van der Waals surface area contributed by atoms with Crippen molar-refractivity contribution in [3.05, 3.63) is 82.9 Å². The van der Waals surface area contributed by atoms with Crippen LogP contribution in [0.1, 0.15) is 23.7 Å². The minimum absolute atomic E-state index is 0.114. The molecule has 0 spiro atoms. The van der Waals surface area contributed by atoms with Crippen molar-refractivity contribution in [1.29, 1.82) is 5.26 Å². The van der Waals surface area contributed by atoms with Crippen LogP contribution in [0.5, 0.6) is 0 Å². The molecule has 3 rings (SSSR count). The maximum absolute atomic E-state index is 12.1. The molecule has 0 atom stereocenters. The highest BCUT2D eigenvalue weighted by molar-refractivity contribution is 7.14. The first-order valence-electron chi connectivity index (χ1n) is 8.72. The molecular formula is C22H17N3O3S. The smallest absolute Gasteiger partial charge is 0.331 e. The molecule has 0 N–H and O–H groups in total. The average Bonchev–Trinajstić information content (AvgIpc) is 3.20. The maximum atomic E-state index is 12.1. The van der Waals surface area contributed by atoms with E-state index in [-0.39, 0.29) is 12.5 Å². The van der Waals surface area contributed by atoms with Crippen LogP contribution >= 0.6 is 11.3 Å². The Kier molecular flexibility index (Phi) is 6.51. The number of anilines is 2. The van der Waals surface area contributed by atoms with Crippen molar-refractivity contribution in [3.8, 4) is 6.07 Å². The average molecular weight is 403 g/mol. The first-order chi connectivity index (χ1) is 14.1. The Morgan fingerprint density at radius 1 is 1.17 bits per heavy atom. The Labute approximate surface area is 172 Å². The number of hydrogen-bond donors (Lipinski definition) is 0. The summed E-state index contributed by atoms with van der Waals surface area (Å²) >= 11 is 1.31. The van der Waals surface area contributed by atoms with Crippen LogP contribution in [0, 0.1) is 11.3 Å². The van der Waals surface area contributed by atoms with E-state index in [1.165, 1.54) is 29.2 Å². The molecule has 0 unspecified atom stereocenters. The second-order valence-corrected chi connectivity index (χ2v) is 6.83. The molecule has 0 saturated carbocycles. The van der Waals surface area contributed by atoms with Crippen LogP contribution in [0.3, 0.4) is 0 Å². The number of esters is 1. The van der Waals surface area contributed by atoms with Gasteiger partial charge in [0.2, 0.25) is 5.91 Å². The van der Waals surface area contributed by atoms with E-state index in [0.717, 1.165) is 11.3 Å². The molecule has 6 nitrogen and oxygen atoms in total. The van der Waals surface area contributed by atoms with Gasteiger partial charge in [-0.2, -0.15) is 5.26 Å². The molecule has 0 bridgehead atoms. The second kappa shape index (κ2) is 9.44. The predicted octanol–water partition coefficient (Wildman–Crippen LogP) is 4.46. The monoisotopic (exact) mass is 403 g/mol. The van der Waals surface area contributed by atoms with Crippen LogP contribution in [0.2, 0.25) is 0 Å². The van der Waals surface area contributed by atoms with Crippen LogP contribution in [-0.4, -0.2) is 16.9 Å². The summed E-state index contributed by atoms with van der Waals surface area (Å²) < 4.78 is 5.19. The standard InChI is InChI=1S/C22H17N3O3S/c1-16(26)25(20-5-3-2-4-6-20)22-24-19(15-29-22)11-12-21(27)28-14-18-9-7-17(13-23)8-10-18/h2-12,15H,14H2,1H3/b12-11+. The highest BCUT2D eigenvalue weighted by Gasteiger charge is 2.17. The summed E-state index contributed by atoms with van der Waals surface area (Å²) in [6, 6.07) is 18.1. The summed E-state index contributed by atoms with van der Waals surface area (Å²) in [6.45, 7) is 1.59. The number of amides is 1. The molecule has 0 aliphatic rings. The molecule has 1 amide bonds. The van der Waals surface area contributed by atoms with Crippen LogP contribution < -0.4 is 4.90 Å². The van der Waals surface area contributed by atoms with Crippen molar-refractivity contribution in [2.75, 3.05) is 4.90 Å². The van der Waals surface area contributed by atoms with Gasteiger partial charge >= 0.3 is 5.97 Å². The predicted molar refractivity (Wildman–Crippen MR) is 111 cm³/mol. The van der Waals surface area contributed by atoms with Crippen molar-refractivity contribution in [2.45, 2.75) is 13.5 Å². The number of para-hydroxylation sites is 1. The minimum Gasteiger partial charge on any atom is -0.458 e. The lowest BCUT2D eigenvalue weighted by Crippen LogP contribution is -2.22. The summed E-state index contributed by atoms with van der Waals surface area (Å²) in [6.07, 6.45) is 2.84. The molecule has 2 aromatic carbocycles. The zero-order valence-corrected chi connectivity index (χ0v) is 16.4. The molecule has 7 heteroatoms. The molecule has 1 aromatic heterocycles. The van der Waals surface area contributed by atoms with E-state index in [1.54, 1.807) is 35.7 Å². The zero-order chi connectivity index (χ0) is 20.6. The number of benzene rings is 2. The number of ether oxygens (including phenoxy) is 1. The topological polar surface area (TPSA) is 83.3 Å². The van der Waals surface area contributed by atoms with Gasteiger partial charge in [-0.3, -0.25) is 9.69 Å². The van der Waals surface area contributed by atoms with Gasteiger partial charge in [0.05, 0.1) is 23.0 Å².